The van der Waals surface area contributed by atoms with Gasteiger partial charge in [-0.3, -0.25) is 0 Å². The molecular weight excluding hydrogens is 321 g/mol. The monoisotopic (exact) mass is 338 g/mol. The van der Waals surface area contributed by atoms with Crippen LogP contribution in [-0.4, -0.2) is 5.11 Å². The van der Waals surface area contributed by atoms with Gasteiger partial charge >= 0.3 is 6.18 Å². The van der Waals surface area contributed by atoms with E-state index in [9.17, 15) is 13.2 Å². The molecule has 0 fully saturated rings. The zero-order valence-corrected chi connectivity index (χ0v) is 13.3. The van der Waals surface area contributed by atoms with Gasteiger partial charge in [-0.2, -0.15) is 13.2 Å². The maximum absolute atomic E-state index is 12.5. The van der Waals surface area contributed by atoms with Crippen LogP contribution in [0.2, 0.25) is 0 Å². The first-order chi connectivity index (χ1) is 10.9. The van der Waals surface area contributed by atoms with E-state index in [0.717, 1.165) is 24.1 Å². The summed E-state index contributed by atoms with van der Waals surface area (Å²) in [7, 11) is 0. The van der Waals surface area contributed by atoms with Gasteiger partial charge in [0.2, 0.25) is 0 Å². The number of anilines is 1. The standard InChI is InChI=1S/C17H17F3N2S/c1-2-15(12-6-4-3-5-7-12)22-16(23)21-14-10-8-13(9-11-14)17(18,19)20/h3-11,15H,2H2,1H3,(H2,21,22,23)/t15-/m1/s1. The van der Waals surface area contributed by atoms with Crippen molar-refractivity contribution in [3.05, 3.63) is 65.7 Å². The van der Waals surface area contributed by atoms with Crippen molar-refractivity contribution in [2.24, 2.45) is 0 Å². The van der Waals surface area contributed by atoms with E-state index in [2.05, 4.69) is 10.6 Å². The molecule has 0 aliphatic carbocycles. The maximum atomic E-state index is 12.5. The Morgan fingerprint density at radius 3 is 2.17 bits per heavy atom. The summed E-state index contributed by atoms with van der Waals surface area (Å²) in [6, 6.07) is 14.7. The van der Waals surface area contributed by atoms with Gasteiger partial charge in [-0.25, -0.2) is 0 Å². The molecule has 0 aromatic heterocycles. The molecule has 0 bridgehead atoms. The third-order valence-electron chi connectivity index (χ3n) is 3.39. The average Bonchev–Trinajstić information content (AvgIpc) is 2.53. The minimum atomic E-state index is -4.34. The second-order valence-electron chi connectivity index (χ2n) is 5.05. The van der Waals surface area contributed by atoms with Crippen LogP contribution >= 0.6 is 12.2 Å². The molecule has 0 heterocycles. The molecule has 2 N–H and O–H groups in total. The summed E-state index contributed by atoms with van der Waals surface area (Å²) in [5.41, 5.74) is 0.933. The Morgan fingerprint density at radius 2 is 1.65 bits per heavy atom. The van der Waals surface area contributed by atoms with Crippen LogP contribution in [-0.2, 0) is 6.18 Å². The minimum Gasteiger partial charge on any atom is -0.356 e. The zero-order chi connectivity index (χ0) is 16.9. The number of rotatable bonds is 4. The van der Waals surface area contributed by atoms with E-state index in [4.69, 9.17) is 12.2 Å². The molecule has 0 aliphatic rings. The number of halogens is 3. The zero-order valence-electron chi connectivity index (χ0n) is 12.5. The molecule has 0 spiro atoms. The van der Waals surface area contributed by atoms with E-state index >= 15 is 0 Å². The molecule has 0 amide bonds. The van der Waals surface area contributed by atoms with Gasteiger partial charge in [-0.15, -0.1) is 0 Å². The SMILES string of the molecule is CC[C@@H](NC(=S)Nc1ccc(C(F)(F)F)cc1)c1ccccc1. The van der Waals surface area contributed by atoms with Gasteiger partial charge in [0.25, 0.3) is 0 Å². The molecule has 2 rings (SSSR count). The van der Waals surface area contributed by atoms with Crippen LogP contribution in [0.5, 0.6) is 0 Å². The Morgan fingerprint density at radius 1 is 1.04 bits per heavy atom. The van der Waals surface area contributed by atoms with Gasteiger partial charge in [0.15, 0.2) is 5.11 Å². The summed E-state index contributed by atoms with van der Waals surface area (Å²) < 4.78 is 37.6. The van der Waals surface area contributed by atoms with E-state index in [1.165, 1.54) is 12.1 Å². The highest BCUT2D eigenvalue weighted by Crippen LogP contribution is 2.29. The molecule has 2 aromatic rings. The highest BCUT2D eigenvalue weighted by molar-refractivity contribution is 7.80. The summed E-state index contributed by atoms with van der Waals surface area (Å²) in [6.07, 6.45) is -3.50. The molecule has 0 aliphatic heterocycles. The van der Waals surface area contributed by atoms with Crippen molar-refractivity contribution < 1.29 is 13.2 Å². The van der Waals surface area contributed by atoms with Crippen LogP contribution in [0, 0.1) is 0 Å². The van der Waals surface area contributed by atoms with Gasteiger partial charge in [0.05, 0.1) is 11.6 Å². The predicted molar refractivity (Wildman–Crippen MR) is 90.3 cm³/mol. The van der Waals surface area contributed by atoms with Crippen molar-refractivity contribution in [3.8, 4) is 0 Å². The third-order valence-corrected chi connectivity index (χ3v) is 3.61. The molecule has 0 radical (unpaired) electrons. The lowest BCUT2D eigenvalue weighted by molar-refractivity contribution is -0.137. The van der Waals surface area contributed by atoms with E-state index in [0.29, 0.717) is 10.8 Å². The first kappa shape index (κ1) is 17.3. The Bertz CT molecular complexity index is 639. The number of hydrogen-bond donors (Lipinski definition) is 2. The molecule has 2 nitrogen and oxygen atoms in total. The summed E-state index contributed by atoms with van der Waals surface area (Å²) in [5, 5.41) is 6.46. The van der Waals surface area contributed by atoms with Crippen LogP contribution in [0.25, 0.3) is 0 Å². The molecule has 1 atom stereocenters. The van der Waals surface area contributed by atoms with E-state index < -0.39 is 11.7 Å². The van der Waals surface area contributed by atoms with Crippen LogP contribution in [0.15, 0.2) is 54.6 Å². The Balaban J connectivity index is 1.99. The number of thiocarbonyl (C=S) groups is 1. The molecular formula is C17H17F3N2S. The van der Waals surface area contributed by atoms with Gasteiger partial charge in [-0.05, 0) is 48.5 Å². The summed E-state index contributed by atoms with van der Waals surface area (Å²) in [6.45, 7) is 2.03. The molecule has 0 saturated heterocycles. The second-order valence-corrected chi connectivity index (χ2v) is 5.45. The van der Waals surface area contributed by atoms with E-state index in [-0.39, 0.29) is 6.04 Å². The van der Waals surface area contributed by atoms with Crippen molar-refractivity contribution in [1.82, 2.24) is 5.32 Å². The van der Waals surface area contributed by atoms with Crippen molar-refractivity contribution in [1.29, 1.82) is 0 Å². The quantitative estimate of drug-likeness (QED) is 0.755. The lowest BCUT2D eigenvalue weighted by Crippen LogP contribution is -2.32. The first-order valence-corrected chi connectivity index (χ1v) is 7.60. The van der Waals surface area contributed by atoms with Crippen molar-refractivity contribution in [2.45, 2.75) is 25.6 Å². The fraction of sp³-hybridized carbons (Fsp3) is 0.235. The fourth-order valence-electron chi connectivity index (χ4n) is 2.17. The summed E-state index contributed by atoms with van der Waals surface area (Å²) in [5.74, 6) is 0. The highest BCUT2D eigenvalue weighted by Gasteiger charge is 2.29. The summed E-state index contributed by atoms with van der Waals surface area (Å²) in [4.78, 5) is 0. The van der Waals surface area contributed by atoms with Crippen LogP contribution in [0.3, 0.4) is 0 Å². The topological polar surface area (TPSA) is 24.1 Å². The largest absolute Gasteiger partial charge is 0.416 e. The van der Waals surface area contributed by atoms with E-state index in [1.54, 1.807) is 0 Å². The molecule has 0 unspecified atom stereocenters. The maximum Gasteiger partial charge on any atom is 0.416 e. The van der Waals surface area contributed by atoms with Gasteiger partial charge in [0.1, 0.15) is 0 Å². The van der Waals surface area contributed by atoms with Crippen LogP contribution in [0.1, 0.15) is 30.5 Å². The average molecular weight is 338 g/mol. The first-order valence-electron chi connectivity index (χ1n) is 7.20. The normalized spacial score (nSPS) is 12.5. The Kier molecular flexibility index (Phi) is 5.60. The fourth-order valence-corrected chi connectivity index (χ4v) is 2.43. The van der Waals surface area contributed by atoms with Gasteiger partial charge in [0, 0.05) is 5.69 Å². The number of nitrogens with one attached hydrogen (secondary N) is 2. The molecule has 6 heteroatoms. The molecule has 23 heavy (non-hydrogen) atoms. The lowest BCUT2D eigenvalue weighted by Gasteiger charge is -2.20. The van der Waals surface area contributed by atoms with Gasteiger partial charge in [-0.1, -0.05) is 37.3 Å². The molecule has 0 saturated carbocycles. The Labute approximate surface area is 138 Å². The van der Waals surface area contributed by atoms with Crippen molar-refractivity contribution in [2.75, 3.05) is 5.32 Å². The smallest absolute Gasteiger partial charge is 0.356 e. The third kappa shape index (κ3) is 4.96. The van der Waals surface area contributed by atoms with Crippen molar-refractivity contribution >= 4 is 23.0 Å². The van der Waals surface area contributed by atoms with E-state index in [1.807, 2.05) is 37.3 Å². The number of hydrogen-bond acceptors (Lipinski definition) is 1. The summed E-state index contributed by atoms with van der Waals surface area (Å²) >= 11 is 5.24. The minimum absolute atomic E-state index is 0.0469. The van der Waals surface area contributed by atoms with Crippen LogP contribution < -0.4 is 10.6 Å². The van der Waals surface area contributed by atoms with Crippen molar-refractivity contribution in [3.63, 3.8) is 0 Å². The lowest BCUT2D eigenvalue weighted by atomic mass is 10.1. The Hall–Kier alpha value is -2.08. The highest BCUT2D eigenvalue weighted by atomic mass is 32.1. The number of benzene rings is 2. The molecule has 2 aromatic carbocycles. The van der Waals surface area contributed by atoms with Crippen LogP contribution in [0.4, 0.5) is 18.9 Å². The van der Waals surface area contributed by atoms with Gasteiger partial charge < -0.3 is 10.6 Å². The second kappa shape index (κ2) is 7.46. The predicted octanol–water partition coefficient (Wildman–Crippen LogP) is 5.14. The number of alkyl halides is 3. The molecule has 122 valence electrons.